The van der Waals surface area contributed by atoms with Crippen molar-refractivity contribution in [3.05, 3.63) is 41.0 Å². The number of rotatable bonds is 4. The van der Waals surface area contributed by atoms with E-state index in [2.05, 4.69) is 12.6 Å². The minimum Gasteiger partial charge on any atom is -0.298 e. The summed E-state index contributed by atoms with van der Waals surface area (Å²) in [7, 11) is 0. The molecule has 0 amide bonds. The minimum absolute atomic E-state index is 0.750. The van der Waals surface area contributed by atoms with E-state index in [4.69, 9.17) is 0 Å². The molecule has 14 heavy (non-hydrogen) atoms. The standard InChI is InChI=1S/C12H14OS/c1-10-5-6-11(4-2-3-7-14)12(8-10)9-13/h2,4-6,8-9,14H,3,7H2,1H3. The monoisotopic (exact) mass is 206 g/mol. The Bertz CT molecular complexity index is 342. The lowest BCUT2D eigenvalue weighted by atomic mass is 10.0. The molecule has 1 nitrogen and oxygen atoms in total. The van der Waals surface area contributed by atoms with Crippen LogP contribution in [0, 0.1) is 6.92 Å². The molecule has 2 heteroatoms. The third kappa shape index (κ3) is 3.04. The van der Waals surface area contributed by atoms with Crippen molar-refractivity contribution < 1.29 is 4.79 Å². The van der Waals surface area contributed by atoms with Crippen LogP contribution in [0.1, 0.15) is 27.9 Å². The van der Waals surface area contributed by atoms with E-state index in [1.165, 1.54) is 0 Å². The van der Waals surface area contributed by atoms with E-state index in [-0.39, 0.29) is 0 Å². The zero-order valence-electron chi connectivity index (χ0n) is 8.23. The summed E-state index contributed by atoms with van der Waals surface area (Å²) in [6.45, 7) is 1.98. The normalized spacial score (nSPS) is 10.7. The van der Waals surface area contributed by atoms with E-state index in [1.807, 2.05) is 37.3 Å². The number of thiol groups is 1. The van der Waals surface area contributed by atoms with Crippen molar-refractivity contribution in [1.29, 1.82) is 0 Å². The second kappa shape index (κ2) is 5.66. The van der Waals surface area contributed by atoms with Crippen LogP contribution in [0.25, 0.3) is 6.08 Å². The van der Waals surface area contributed by atoms with Crippen molar-refractivity contribution in [3.63, 3.8) is 0 Å². The number of benzene rings is 1. The summed E-state index contributed by atoms with van der Waals surface area (Å²) < 4.78 is 0. The van der Waals surface area contributed by atoms with Gasteiger partial charge in [0.2, 0.25) is 0 Å². The molecule has 0 saturated heterocycles. The Morgan fingerprint density at radius 2 is 2.14 bits per heavy atom. The molecule has 1 rings (SSSR count). The number of hydrogen-bond donors (Lipinski definition) is 1. The lowest BCUT2D eigenvalue weighted by Crippen LogP contribution is -1.87. The van der Waals surface area contributed by atoms with Gasteiger partial charge in [-0.1, -0.05) is 29.8 Å². The zero-order valence-corrected chi connectivity index (χ0v) is 9.13. The third-order valence-corrected chi connectivity index (χ3v) is 2.22. The van der Waals surface area contributed by atoms with Crippen LogP contribution in [-0.4, -0.2) is 12.0 Å². The lowest BCUT2D eigenvalue weighted by Gasteiger charge is -2.00. The van der Waals surface area contributed by atoms with Gasteiger partial charge in [-0.25, -0.2) is 0 Å². The van der Waals surface area contributed by atoms with Crippen LogP contribution in [0.3, 0.4) is 0 Å². The van der Waals surface area contributed by atoms with E-state index in [0.29, 0.717) is 0 Å². The highest BCUT2D eigenvalue weighted by Gasteiger charge is 1.97. The van der Waals surface area contributed by atoms with Crippen molar-refractivity contribution in [2.24, 2.45) is 0 Å². The Kier molecular flexibility index (Phi) is 4.47. The van der Waals surface area contributed by atoms with Gasteiger partial charge in [-0.05, 0) is 30.7 Å². The first kappa shape index (κ1) is 11.1. The highest BCUT2D eigenvalue weighted by Crippen LogP contribution is 2.11. The average molecular weight is 206 g/mol. The molecule has 0 bridgehead atoms. The maximum absolute atomic E-state index is 10.8. The molecule has 1 aromatic rings. The third-order valence-electron chi connectivity index (χ3n) is 1.96. The summed E-state index contributed by atoms with van der Waals surface area (Å²) in [5.74, 6) is 0.832. The summed E-state index contributed by atoms with van der Waals surface area (Å²) in [6.07, 6.45) is 5.83. The molecule has 74 valence electrons. The average Bonchev–Trinajstić information content (AvgIpc) is 2.20. The molecular weight excluding hydrogens is 192 g/mol. The number of carbonyl (C=O) groups excluding carboxylic acids is 1. The summed E-state index contributed by atoms with van der Waals surface area (Å²) in [6, 6.07) is 5.87. The van der Waals surface area contributed by atoms with Gasteiger partial charge in [0.1, 0.15) is 0 Å². The summed E-state index contributed by atoms with van der Waals surface area (Å²) in [5.41, 5.74) is 2.84. The van der Waals surface area contributed by atoms with E-state index in [9.17, 15) is 4.79 Å². The van der Waals surface area contributed by atoms with E-state index in [0.717, 1.165) is 35.2 Å². The highest BCUT2D eigenvalue weighted by molar-refractivity contribution is 7.80. The van der Waals surface area contributed by atoms with Gasteiger partial charge >= 0.3 is 0 Å². The van der Waals surface area contributed by atoms with Gasteiger partial charge in [-0.2, -0.15) is 12.6 Å². The van der Waals surface area contributed by atoms with E-state index in [1.54, 1.807) is 0 Å². The van der Waals surface area contributed by atoms with Crippen LogP contribution in [0.4, 0.5) is 0 Å². The van der Waals surface area contributed by atoms with Crippen LogP contribution >= 0.6 is 12.6 Å². The maximum atomic E-state index is 10.8. The van der Waals surface area contributed by atoms with Gasteiger partial charge in [0, 0.05) is 5.56 Å². The van der Waals surface area contributed by atoms with Crippen LogP contribution < -0.4 is 0 Å². The Labute approximate surface area is 90.2 Å². The number of carbonyl (C=O) groups is 1. The molecule has 0 saturated carbocycles. The van der Waals surface area contributed by atoms with Crippen molar-refractivity contribution in [1.82, 2.24) is 0 Å². The van der Waals surface area contributed by atoms with Crippen molar-refractivity contribution >= 4 is 25.0 Å². The quantitative estimate of drug-likeness (QED) is 0.591. The fourth-order valence-corrected chi connectivity index (χ4v) is 1.38. The predicted octanol–water partition coefficient (Wildman–Crippen LogP) is 3.14. The molecule has 0 heterocycles. The second-order valence-electron chi connectivity index (χ2n) is 3.16. The fourth-order valence-electron chi connectivity index (χ4n) is 1.23. The van der Waals surface area contributed by atoms with Crippen LogP contribution in [0.15, 0.2) is 24.3 Å². The molecule has 0 aliphatic heterocycles. The number of aryl methyl sites for hydroxylation is 1. The summed E-state index contributed by atoms with van der Waals surface area (Å²) in [5, 5.41) is 0. The Balaban J connectivity index is 2.90. The first-order chi connectivity index (χ1) is 6.77. The topological polar surface area (TPSA) is 17.1 Å². The fraction of sp³-hybridized carbons (Fsp3) is 0.250. The smallest absolute Gasteiger partial charge is 0.150 e. The molecule has 0 N–H and O–H groups in total. The van der Waals surface area contributed by atoms with Gasteiger partial charge in [0.25, 0.3) is 0 Å². The van der Waals surface area contributed by atoms with Gasteiger partial charge in [-0.3, -0.25) is 4.79 Å². The molecular formula is C12H14OS. The zero-order chi connectivity index (χ0) is 10.4. The predicted molar refractivity (Wildman–Crippen MR) is 64.1 cm³/mol. The number of hydrogen-bond acceptors (Lipinski definition) is 2. The van der Waals surface area contributed by atoms with Crippen LogP contribution in [0.5, 0.6) is 0 Å². The van der Waals surface area contributed by atoms with Gasteiger partial charge in [0.05, 0.1) is 0 Å². The first-order valence-corrected chi connectivity index (χ1v) is 5.24. The molecule has 0 aromatic heterocycles. The van der Waals surface area contributed by atoms with Gasteiger partial charge < -0.3 is 0 Å². The summed E-state index contributed by atoms with van der Waals surface area (Å²) >= 11 is 4.11. The van der Waals surface area contributed by atoms with Gasteiger partial charge in [0.15, 0.2) is 6.29 Å². The first-order valence-electron chi connectivity index (χ1n) is 4.61. The maximum Gasteiger partial charge on any atom is 0.150 e. The molecule has 0 aliphatic rings. The molecule has 0 spiro atoms. The van der Waals surface area contributed by atoms with Crippen molar-refractivity contribution in [3.8, 4) is 0 Å². The van der Waals surface area contributed by atoms with Crippen LogP contribution in [-0.2, 0) is 0 Å². The Hall–Kier alpha value is -1.02. The molecule has 0 aliphatic carbocycles. The van der Waals surface area contributed by atoms with E-state index < -0.39 is 0 Å². The largest absolute Gasteiger partial charge is 0.298 e. The Morgan fingerprint density at radius 3 is 2.79 bits per heavy atom. The molecule has 0 unspecified atom stereocenters. The highest BCUT2D eigenvalue weighted by atomic mass is 32.1. The number of allylic oxidation sites excluding steroid dienone is 1. The van der Waals surface area contributed by atoms with Crippen molar-refractivity contribution in [2.45, 2.75) is 13.3 Å². The summed E-state index contributed by atoms with van der Waals surface area (Å²) in [4.78, 5) is 10.8. The minimum atomic E-state index is 0.750. The SMILES string of the molecule is Cc1ccc(C=CCCS)c(C=O)c1. The second-order valence-corrected chi connectivity index (χ2v) is 3.61. The molecule has 0 atom stereocenters. The number of aldehydes is 1. The van der Waals surface area contributed by atoms with Crippen LogP contribution in [0.2, 0.25) is 0 Å². The van der Waals surface area contributed by atoms with Crippen molar-refractivity contribution in [2.75, 3.05) is 5.75 Å². The Morgan fingerprint density at radius 1 is 1.36 bits per heavy atom. The molecule has 1 aromatic carbocycles. The lowest BCUT2D eigenvalue weighted by molar-refractivity contribution is 0.112. The van der Waals surface area contributed by atoms with E-state index >= 15 is 0 Å². The molecule has 0 radical (unpaired) electrons. The van der Waals surface area contributed by atoms with Gasteiger partial charge in [-0.15, -0.1) is 0 Å². The molecule has 0 fully saturated rings.